The Bertz CT molecular complexity index is 232. The number of ether oxygens (including phenoxy) is 2. The van der Waals surface area contributed by atoms with Gasteiger partial charge in [-0.15, -0.1) is 0 Å². The van der Waals surface area contributed by atoms with Gasteiger partial charge in [-0.05, 0) is 39.9 Å². The van der Waals surface area contributed by atoms with E-state index in [4.69, 9.17) is 17.0 Å². The van der Waals surface area contributed by atoms with E-state index in [2.05, 4.69) is 4.74 Å². The smallest absolute Gasteiger partial charge is 0.335 e. The fourth-order valence-corrected chi connectivity index (χ4v) is 1.27. The quantitative estimate of drug-likeness (QED) is 0.589. The van der Waals surface area contributed by atoms with E-state index in [1.807, 2.05) is 20.8 Å². The fraction of sp³-hybridized carbons (Fsp3) is 0.800. The molecule has 1 N–H and O–H groups in total. The van der Waals surface area contributed by atoms with Crippen molar-refractivity contribution in [3.8, 4) is 0 Å². The molecule has 0 aliphatic heterocycles. The maximum atomic E-state index is 11.1. The van der Waals surface area contributed by atoms with E-state index < -0.39 is 17.7 Å². The molecule has 0 aromatic heterocycles. The highest BCUT2D eigenvalue weighted by Crippen LogP contribution is 2.11. The monoisotopic (exact) mass is 234 g/mol. The van der Waals surface area contributed by atoms with E-state index in [1.54, 1.807) is 6.92 Å². The van der Waals surface area contributed by atoms with Crippen LogP contribution in [0.3, 0.4) is 0 Å². The summed E-state index contributed by atoms with van der Waals surface area (Å²) < 4.78 is 9.93. The Morgan fingerprint density at radius 2 is 2.00 bits per heavy atom. The Hall–Kier alpha value is -0.680. The van der Waals surface area contributed by atoms with Crippen LogP contribution in [0.15, 0.2) is 0 Å². The predicted octanol–water partition coefficient (Wildman–Crippen LogP) is 1.44. The molecule has 0 aromatic carbocycles. The highest BCUT2D eigenvalue weighted by Gasteiger charge is 2.21. The molecule has 0 saturated carbocycles. The molecular formula is C10H18O4S. The molecule has 5 heteroatoms. The van der Waals surface area contributed by atoms with Gasteiger partial charge in [0.15, 0.2) is 11.2 Å². The van der Waals surface area contributed by atoms with Crippen LogP contribution in [0.5, 0.6) is 0 Å². The van der Waals surface area contributed by atoms with Gasteiger partial charge in [0.05, 0.1) is 13.0 Å². The van der Waals surface area contributed by atoms with Gasteiger partial charge < -0.3 is 14.6 Å². The van der Waals surface area contributed by atoms with Crippen molar-refractivity contribution >= 4 is 23.2 Å². The van der Waals surface area contributed by atoms with Crippen molar-refractivity contribution in [3.63, 3.8) is 0 Å². The van der Waals surface area contributed by atoms with Crippen LogP contribution in [0.25, 0.3) is 0 Å². The van der Waals surface area contributed by atoms with E-state index in [1.165, 1.54) is 0 Å². The van der Waals surface area contributed by atoms with E-state index in [0.717, 1.165) is 0 Å². The summed E-state index contributed by atoms with van der Waals surface area (Å²) in [6.07, 6.45) is -1.24. The van der Waals surface area contributed by atoms with E-state index >= 15 is 0 Å². The van der Waals surface area contributed by atoms with Crippen molar-refractivity contribution in [2.24, 2.45) is 0 Å². The molecule has 0 aliphatic rings. The largest absolute Gasteiger partial charge is 0.482 e. The molecule has 1 atom stereocenters. The third kappa shape index (κ3) is 7.27. The minimum absolute atomic E-state index is 0.00850. The van der Waals surface area contributed by atoms with Gasteiger partial charge in [-0.3, -0.25) is 0 Å². The number of rotatable bonds is 4. The fourth-order valence-electron chi connectivity index (χ4n) is 0.863. The topological polar surface area (TPSA) is 55.8 Å². The molecule has 0 spiro atoms. The highest BCUT2D eigenvalue weighted by molar-refractivity contribution is 7.80. The van der Waals surface area contributed by atoms with Gasteiger partial charge in [0.25, 0.3) is 0 Å². The van der Waals surface area contributed by atoms with Crippen LogP contribution >= 0.6 is 12.2 Å². The molecular weight excluding hydrogens is 216 g/mol. The van der Waals surface area contributed by atoms with Crippen molar-refractivity contribution in [3.05, 3.63) is 0 Å². The van der Waals surface area contributed by atoms with E-state index in [9.17, 15) is 9.90 Å². The molecule has 0 amide bonds. The van der Waals surface area contributed by atoms with Crippen LogP contribution in [0.4, 0.5) is 0 Å². The maximum Gasteiger partial charge on any atom is 0.335 e. The zero-order valence-electron chi connectivity index (χ0n) is 9.57. The van der Waals surface area contributed by atoms with Crippen LogP contribution in [-0.4, -0.2) is 34.4 Å². The first-order valence-electron chi connectivity index (χ1n) is 4.83. The molecule has 0 fully saturated rings. The van der Waals surface area contributed by atoms with Crippen molar-refractivity contribution in [2.45, 2.75) is 45.8 Å². The molecule has 88 valence electrons. The SMILES string of the molecule is CCOC(=O)[C@@H](O)CC(=S)OC(C)(C)C. The highest BCUT2D eigenvalue weighted by atomic mass is 32.1. The minimum atomic E-state index is -1.24. The number of esters is 1. The average Bonchev–Trinajstić information content (AvgIpc) is 2.00. The Morgan fingerprint density at radius 3 is 2.40 bits per heavy atom. The third-order valence-electron chi connectivity index (χ3n) is 1.34. The predicted molar refractivity (Wildman–Crippen MR) is 60.7 cm³/mol. The summed E-state index contributed by atoms with van der Waals surface area (Å²) in [5.41, 5.74) is -0.411. The molecule has 4 nitrogen and oxygen atoms in total. The van der Waals surface area contributed by atoms with Gasteiger partial charge >= 0.3 is 5.97 Å². The molecule has 0 heterocycles. The summed E-state index contributed by atoms with van der Waals surface area (Å²) in [7, 11) is 0. The van der Waals surface area contributed by atoms with Crippen molar-refractivity contribution in [1.29, 1.82) is 0 Å². The number of hydrogen-bond donors (Lipinski definition) is 1. The summed E-state index contributed by atoms with van der Waals surface area (Å²) in [6.45, 7) is 7.44. The van der Waals surface area contributed by atoms with Crippen LogP contribution in [0, 0.1) is 0 Å². The normalized spacial score (nSPS) is 13.1. The minimum Gasteiger partial charge on any atom is -0.482 e. The van der Waals surface area contributed by atoms with Gasteiger partial charge in [-0.2, -0.15) is 0 Å². The van der Waals surface area contributed by atoms with Crippen LogP contribution < -0.4 is 0 Å². The number of carbonyl (C=O) groups is 1. The number of hydrogen-bond acceptors (Lipinski definition) is 5. The van der Waals surface area contributed by atoms with Crippen LogP contribution in [0.2, 0.25) is 0 Å². The molecule has 15 heavy (non-hydrogen) atoms. The van der Waals surface area contributed by atoms with Gasteiger partial charge in [0.2, 0.25) is 0 Å². The van der Waals surface area contributed by atoms with Gasteiger partial charge in [0.1, 0.15) is 5.60 Å². The number of carbonyl (C=O) groups excluding carboxylic acids is 1. The first kappa shape index (κ1) is 14.3. The second kappa shape index (κ2) is 6.02. The summed E-state index contributed by atoms with van der Waals surface area (Å²) >= 11 is 4.89. The summed E-state index contributed by atoms with van der Waals surface area (Å²) in [4.78, 5) is 11.1. The van der Waals surface area contributed by atoms with Gasteiger partial charge in [-0.1, -0.05) is 0 Å². The zero-order valence-corrected chi connectivity index (χ0v) is 10.4. The first-order chi connectivity index (χ1) is 6.76. The van der Waals surface area contributed by atoms with Crippen LogP contribution in [-0.2, 0) is 14.3 Å². The summed E-state index contributed by atoms with van der Waals surface area (Å²) in [5.74, 6) is -0.669. The zero-order chi connectivity index (χ0) is 12.1. The lowest BCUT2D eigenvalue weighted by Crippen LogP contribution is -2.30. The lowest BCUT2D eigenvalue weighted by molar-refractivity contribution is -0.152. The number of thiocarbonyl (C=S) groups is 1. The second-order valence-corrected chi connectivity index (χ2v) is 4.51. The molecule has 0 aliphatic carbocycles. The third-order valence-corrected chi connectivity index (χ3v) is 1.59. The van der Waals surface area contributed by atoms with Crippen molar-refractivity contribution in [1.82, 2.24) is 0 Å². The lowest BCUT2D eigenvalue weighted by Gasteiger charge is -2.22. The van der Waals surface area contributed by atoms with Gasteiger partial charge in [-0.25, -0.2) is 4.79 Å². The first-order valence-corrected chi connectivity index (χ1v) is 5.23. The van der Waals surface area contributed by atoms with E-state index in [0.29, 0.717) is 0 Å². The van der Waals surface area contributed by atoms with Crippen LogP contribution in [0.1, 0.15) is 34.1 Å². The van der Waals surface area contributed by atoms with Crippen molar-refractivity contribution in [2.75, 3.05) is 6.61 Å². The Morgan fingerprint density at radius 1 is 1.47 bits per heavy atom. The summed E-state index contributed by atoms with van der Waals surface area (Å²) in [5, 5.41) is 9.59. The molecule has 0 rings (SSSR count). The molecule has 0 unspecified atom stereocenters. The Labute approximate surface area is 95.6 Å². The maximum absolute atomic E-state index is 11.1. The Kier molecular flexibility index (Phi) is 5.75. The Balaban J connectivity index is 4.02. The standard InChI is InChI=1S/C10H18O4S/c1-5-13-9(12)7(11)6-8(15)14-10(2,3)4/h7,11H,5-6H2,1-4H3/t7-/m0/s1. The number of aliphatic hydroxyl groups is 1. The summed E-state index contributed by atoms with van der Waals surface area (Å²) in [6, 6.07) is 0. The van der Waals surface area contributed by atoms with Crippen molar-refractivity contribution < 1.29 is 19.4 Å². The molecule has 0 bridgehead atoms. The molecule has 0 radical (unpaired) electrons. The number of aliphatic hydroxyl groups excluding tert-OH is 1. The molecule has 0 saturated heterocycles. The average molecular weight is 234 g/mol. The van der Waals surface area contributed by atoms with E-state index in [-0.39, 0.29) is 18.1 Å². The second-order valence-electron chi connectivity index (χ2n) is 4.06. The molecule has 0 aromatic rings. The lowest BCUT2D eigenvalue weighted by atomic mass is 10.2. The van der Waals surface area contributed by atoms with Gasteiger partial charge in [0, 0.05) is 0 Å².